The predicted octanol–water partition coefficient (Wildman–Crippen LogP) is 6.50. The lowest BCUT2D eigenvalue weighted by Crippen LogP contribution is -2.36. The summed E-state index contributed by atoms with van der Waals surface area (Å²) in [6.45, 7) is 8.75. The van der Waals surface area contributed by atoms with Gasteiger partial charge in [-0.2, -0.15) is 12.7 Å². The smallest absolute Gasteiger partial charge is 0.388 e. The molecule has 0 fully saturated rings. The highest BCUT2D eigenvalue weighted by Gasteiger charge is 2.31. The number of nitrogens with zero attached hydrogens (tertiary/aromatic N) is 4. The first-order chi connectivity index (χ1) is 26.2. The molecule has 1 atom stereocenters. The summed E-state index contributed by atoms with van der Waals surface area (Å²) >= 11 is 0. The Labute approximate surface area is 316 Å². The summed E-state index contributed by atoms with van der Waals surface area (Å²) in [5, 5.41) is 8.91. The minimum Gasteiger partial charge on any atom is -0.466 e. The molecule has 12 nitrogen and oxygen atoms in total. The number of rotatable bonds is 18. The highest BCUT2D eigenvalue weighted by Crippen LogP contribution is 2.35. The lowest BCUT2D eigenvalue weighted by molar-refractivity contribution is -0.143. The van der Waals surface area contributed by atoms with Crippen LogP contribution in [0.1, 0.15) is 58.2 Å². The minimum absolute atomic E-state index is 0.0467. The van der Waals surface area contributed by atoms with Crippen LogP contribution in [0, 0.1) is 13.8 Å². The maximum absolute atomic E-state index is 13.2. The van der Waals surface area contributed by atoms with Crippen LogP contribution in [0.3, 0.4) is 0 Å². The van der Waals surface area contributed by atoms with Crippen molar-refractivity contribution in [3.8, 4) is 0 Å². The Morgan fingerprint density at radius 3 is 2.33 bits per heavy atom. The second kappa shape index (κ2) is 18.3. The zero-order valence-corrected chi connectivity index (χ0v) is 31.7. The molecule has 1 aromatic heterocycles. The molecule has 1 unspecified atom stereocenters. The third kappa shape index (κ3) is 9.91. The van der Waals surface area contributed by atoms with Crippen LogP contribution >= 0.6 is 0 Å². The Hall–Kier alpha value is -5.08. The number of hydrogen-bond donors (Lipinski definition) is 0. The van der Waals surface area contributed by atoms with E-state index in [-0.39, 0.29) is 50.6 Å². The van der Waals surface area contributed by atoms with Crippen molar-refractivity contribution in [2.45, 2.75) is 59.4 Å². The van der Waals surface area contributed by atoms with Crippen LogP contribution in [0.15, 0.2) is 103 Å². The van der Waals surface area contributed by atoms with Crippen LogP contribution in [0.5, 0.6) is 0 Å². The SMILES string of the molecule is CCOC(=O)CC(c1ccc(C)c(CN2CC=C(OCc3ccccc3)OS2(=O)=O)c1)c1ccc2c(nnn2CCOCCOCc2ccccc2)c1C. The Bertz CT molecular complexity index is 2160. The lowest BCUT2D eigenvalue weighted by atomic mass is 9.84. The Morgan fingerprint density at radius 2 is 1.61 bits per heavy atom. The van der Waals surface area contributed by atoms with E-state index in [2.05, 4.69) is 10.3 Å². The molecule has 0 radical (unpaired) electrons. The summed E-state index contributed by atoms with van der Waals surface area (Å²) in [4.78, 5) is 13.0. The second-order valence-electron chi connectivity index (χ2n) is 13.0. The van der Waals surface area contributed by atoms with Crippen LogP contribution in [-0.4, -0.2) is 66.7 Å². The van der Waals surface area contributed by atoms with Gasteiger partial charge in [0, 0.05) is 25.1 Å². The molecule has 5 aromatic rings. The quantitative estimate of drug-likeness (QED) is 0.0722. The summed E-state index contributed by atoms with van der Waals surface area (Å²) in [6, 6.07) is 29.3. The number of ether oxygens (including phenoxy) is 4. The van der Waals surface area contributed by atoms with Crippen molar-refractivity contribution in [2.24, 2.45) is 0 Å². The van der Waals surface area contributed by atoms with E-state index in [9.17, 15) is 13.2 Å². The average molecular weight is 755 g/mol. The number of aryl methyl sites for hydroxylation is 2. The first-order valence-corrected chi connectivity index (χ1v) is 19.4. The van der Waals surface area contributed by atoms with Crippen molar-refractivity contribution in [3.05, 3.63) is 142 Å². The molecule has 0 aliphatic carbocycles. The normalized spacial score (nSPS) is 14.7. The molecule has 4 aromatic carbocycles. The molecule has 0 bridgehead atoms. The number of hydrogen-bond acceptors (Lipinski definition) is 10. The monoisotopic (exact) mass is 754 g/mol. The molecule has 284 valence electrons. The van der Waals surface area contributed by atoms with E-state index >= 15 is 0 Å². The van der Waals surface area contributed by atoms with E-state index in [0.29, 0.717) is 33.0 Å². The van der Waals surface area contributed by atoms with E-state index in [4.69, 9.17) is 23.1 Å². The van der Waals surface area contributed by atoms with E-state index in [0.717, 1.165) is 50.0 Å². The number of carbonyl (C=O) groups is 1. The van der Waals surface area contributed by atoms with Gasteiger partial charge in [0.2, 0.25) is 0 Å². The van der Waals surface area contributed by atoms with Crippen molar-refractivity contribution in [2.75, 3.05) is 33.0 Å². The van der Waals surface area contributed by atoms with Crippen LogP contribution in [0.25, 0.3) is 11.0 Å². The van der Waals surface area contributed by atoms with Gasteiger partial charge in [-0.3, -0.25) is 4.79 Å². The number of benzene rings is 4. The van der Waals surface area contributed by atoms with E-state index in [1.807, 2.05) is 110 Å². The summed E-state index contributed by atoms with van der Waals surface area (Å²) in [5.74, 6) is -0.767. The molecule has 2 heterocycles. The Balaban J connectivity index is 1.14. The fourth-order valence-electron chi connectivity index (χ4n) is 6.34. The summed E-state index contributed by atoms with van der Waals surface area (Å²) in [6.07, 6.45) is 1.71. The topological polar surface area (TPSA) is 131 Å². The van der Waals surface area contributed by atoms with E-state index in [1.165, 1.54) is 4.31 Å². The maximum Gasteiger partial charge on any atom is 0.388 e. The first kappa shape index (κ1) is 38.6. The third-order valence-electron chi connectivity index (χ3n) is 9.28. The Morgan fingerprint density at radius 1 is 0.889 bits per heavy atom. The van der Waals surface area contributed by atoms with Gasteiger partial charge in [-0.25, -0.2) is 4.68 Å². The van der Waals surface area contributed by atoms with Gasteiger partial charge < -0.3 is 23.1 Å². The highest BCUT2D eigenvalue weighted by molar-refractivity contribution is 7.84. The predicted molar refractivity (Wildman–Crippen MR) is 203 cm³/mol. The number of fused-ring (bicyclic) bond motifs is 1. The van der Waals surface area contributed by atoms with Crippen molar-refractivity contribution in [3.63, 3.8) is 0 Å². The number of aromatic nitrogens is 3. The fraction of sp³-hybridized carbons (Fsp3) is 0.341. The molecule has 0 spiro atoms. The largest absolute Gasteiger partial charge is 0.466 e. The van der Waals surface area contributed by atoms with Crippen LogP contribution < -0.4 is 0 Å². The zero-order chi connectivity index (χ0) is 37.9. The second-order valence-corrected chi connectivity index (χ2v) is 14.5. The fourth-order valence-corrected chi connectivity index (χ4v) is 7.32. The van der Waals surface area contributed by atoms with Gasteiger partial charge in [0.05, 0.1) is 51.5 Å². The summed E-state index contributed by atoms with van der Waals surface area (Å²) in [5.41, 5.74) is 7.93. The molecule has 1 aliphatic heterocycles. The Kier molecular flexibility index (Phi) is 13.1. The molecule has 1 aliphatic rings. The van der Waals surface area contributed by atoms with Crippen molar-refractivity contribution in [1.29, 1.82) is 0 Å². The van der Waals surface area contributed by atoms with Crippen LogP contribution in [0.2, 0.25) is 0 Å². The maximum atomic E-state index is 13.2. The summed E-state index contributed by atoms with van der Waals surface area (Å²) in [7, 11) is -4.12. The molecular formula is C41H46N4O8S. The lowest BCUT2D eigenvalue weighted by Gasteiger charge is -2.26. The van der Waals surface area contributed by atoms with Crippen molar-refractivity contribution in [1.82, 2.24) is 19.3 Å². The van der Waals surface area contributed by atoms with Gasteiger partial charge in [-0.05, 0) is 65.8 Å². The minimum atomic E-state index is -4.12. The van der Waals surface area contributed by atoms with Gasteiger partial charge in [-0.1, -0.05) is 90.1 Å². The molecular weight excluding hydrogens is 709 g/mol. The molecule has 0 saturated carbocycles. The standard InChI is InChI=1S/C41H46N4O8S/c1-4-51-39(46)26-37(36-17-18-38-41(31(36)3)42-43-45(38)21-22-49-23-24-50-28-32-11-7-5-8-12-32)34-16-15-30(2)35(25-34)27-44-20-19-40(53-54(44,47)48)52-29-33-13-9-6-10-14-33/h5-19,25,37H,4,20-24,26-29H2,1-3H3. The summed E-state index contributed by atoms with van der Waals surface area (Å²) < 4.78 is 57.4. The zero-order valence-electron chi connectivity index (χ0n) is 30.8. The molecule has 0 saturated heterocycles. The van der Waals surface area contributed by atoms with E-state index in [1.54, 1.807) is 13.0 Å². The number of carbonyl (C=O) groups excluding carboxylic acids is 1. The van der Waals surface area contributed by atoms with Crippen LogP contribution in [0.4, 0.5) is 0 Å². The van der Waals surface area contributed by atoms with Gasteiger partial charge in [0.1, 0.15) is 12.1 Å². The number of esters is 1. The van der Waals surface area contributed by atoms with Crippen molar-refractivity contribution < 1.29 is 36.3 Å². The van der Waals surface area contributed by atoms with Crippen LogP contribution in [-0.2, 0) is 64.5 Å². The average Bonchev–Trinajstić information content (AvgIpc) is 3.59. The van der Waals surface area contributed by atoms with Gasteiger partial charge in [0.15, 0.2) is 0 Å². The van der Waals surface area contributed by atoms with E-state index < -0.39 is 10.3 Å². The highest BCUT2D eigenvalue weighted by atomic mass is 32.2. The molecule has 0 amide bonds. The van der Waals surface area contributed by atoms with Gasteiger partial charge >= 0.3 is 16.3 Å². The molecule has 54 heavy (non-hydrogen) atoms. The van der Waals surface area contributed by atoms with Gasteiger partial charge in [-0.15, -0.1) is 5.10 Å². The first-order valence-electron chi connectivity index (χ1n) is 18.1. The molecule has 6 rings (SSSR count). The third-order valence-corrected chi connectivity index (χ3v) is 10.6. The molecule has 0 N–H and O–H groups in total. The van der Waals surface area contributed by atoms with Crippen molar-refractivity contribution >= 4 is 27.3 Å². The van der Waals surface area contributed by atoms with Gasteiger partial charge in [0.25, 0.3) is 5.95 Å². The molecule has 13 heteroatoms.